The summed E-state index contributed by atoms with van der Waals surface area (Å²) in [6.45, 7) is 3.51. The van der Waals surface area contributed by atoms with E-state index in [1.807, 2.05) is 25.1 Å². The van der Waals surface area contributed by atoms with Gasteiger partial charge in [-0.15, -0.1) is 0 Å². The second-order valence-electron chi connectivity index (χ2n) is 4.74. The molecule has 0 spiro atoms. The molecule has 3 heteroatoms. The summed E-state index contributed by atoms with van der Waals surface area (Å²) in [6, 6.07) is 5.94. The Morgan fingerprint density at radius 2 is 2.12 bits per heavy atom. The van der Waals surface area contributed by atoms with Gasteiger partial charge in [-0.1, -0.05) is 12.1 Å². The molecule has 2 N–H and O–H groups in total. The highest BCUT2D eigenvalue weighted by atomic mass is 16.5. The Bertz CT molecular complexity index is 397. The number of carbonyl (C=O) groups is 1. The molecule has 1 unspecified atom stereocenters. The molecule has 1 atom stereocenters. The molecule has 0 aliphatic carbocycles. The van der Waals surface area contributed by atoms with Gasteiger partial charge in [0.2, 0.25) is 0 Å². The normalized spacial score (nSPS) is 18.9. The summed E-state index contributed by atoms with van der Waals surface area (Å²) in [4.78, 5) is 11.3. The van der Waals surface area contributed by atoms with Crippen molar-refractivity contribution in [2.24, 2.45) is 5.92 Å². The molecule has 1 heterocycles. The zero-order valence-electron chi connectivity index (χ0n) is 10.2. The molecule has 92 valence electrons. The van der Waals surface area contributed by atoms with E-state index in [9.17, 15) is 4.79 Å². The summed E-state index contributed by atoms with van der Waals surface area (Å²) in [6.07, 6.45) is 2.92. The molecule has 17 heavy (non-hydrogen) atoms. The third-order valence-electron chi connectivity index (χ3n) is 3.52. The maximum atomic E-state index is 11.3. The van der Waals surface area contributed by atoms with Crippen LogP contribution in [-0.2, 0) is 9.53 Å². The lowest BCUT2D eigenvalue weighted by Crippen LogP contribution is -2.23. The highest BCUT2D eigenvalue weighted by molar-refractivity contribution is 5.68. The van der Waals surface area contributed by atoms with Crippen molar-refractivity contribution in [1.29, 1.82) is 0 Å². The second kappa shape index (κ2) is 5.32. The topological polar surface area (TPSA) is 52.3 Å². The fourth-order valence-corrected chi connectivity index (χ4v) is 2.51. The molecule has 0 saturated carbocycles. The number of ether oxygens (including phenoxy) is 1. The fourth-order valence-electron chi connectivity index (χ4n) is 2.51. The van der Waals surface area contributed by atoms with Crippen LogP contribution in [0.1, 0.15) is 29.9 Å². The average Bonchev–Trinajstić information content (AvgIpc) is 2.34. The van der Waals surface area contributed by atoms with Gasteiger partial charge < -0.3 is 15.3 Å². The molecule has 0 aromatic heterocycles. The maximum absolute atomic E-state index is 11.3. The summed E-state index contributed by atoms with van der Waals surface area (Å²) in [5, 5.41) is 0. The lowest BCUT2D eigenvalue weighted by Gasteiger charge is -2.27. The van der Waals surface area contributed by atoms with E-state index in [0.717, 1.165) is 49.2 Å². The van der Waals surface area contributed by atoms with Gasteiger partial charge in [-0.25, -0.2) is 0 Å². The molecular weight excluding hydrogens is 214 g/mol. The van der Waals surface area contributed by atoms with E-state index in [4.69, 9.17) is 10.5 Å². The van der Waals surface area contributed by atoms with Crippen LogP contribution in [0.15, 0.2) is 18.2 Å². The fraction of sp³-hybridized carbons (Fsp3) is 0.500. The number of benzene rings is 1. The van der Waals surface area contributed by atoms with Crippen LogP contribution < -0.4 is 5.73 Å². The molecule has 3 nitrogen and oxygen atoms in total. The number of nitrogen functional groups attached to an aromatic ring is 1. The Labute approximate surface area is 102 Å². The first kappa shape index (κ1) is 12.1. The zero-order chi connectivity index (χ0) is 12.3. The minimum absolute atomic E-state index is 0.0838. The van der Waals surface area contributed by atoms with E-state index >= 15 is 0 Å². The number of rotatable bonds is 3. The predicted molar refractivity (Wildman–Crippen MR) is 67.9 cm³/mol. The van der Waals surface area contributed by atoms with E-state index in [1.54, 1.807) is 0 Å². The van der Waals surface area contributed by atoms with E-state index in [1.165, 1.54) is 0 Å². The lowest BCUT2D eigenvalue weighted by molar-refractivity contribution is -0.110. The number of aryl methyl sites for hydroxylation is 1. The van der Waals surface area contributed by atoms with Gasteiger partial charge in [0.25, 0.3) is 0 Å². The number of hydrogen-bond donors (Lipinski definition) is 1. The van der Waals surface area contributed by atoms with Crippen molar-refractivity contribution in [2.45, 2.75) is 25.7 Å². The third-order valence-corrected chi connectivity index (χ3v) is 3.52. The Kier molecular flexibility index (Phi) is 3.79. The quantitative estimate of drug-likeness (QED) is 0.643. The van der Waals surface area contributed by atoms with Crippen LogP contribution in [0, 0.1) is 12.8 Å². The van der Waals surface area contributed by atoms with Gasteiger partial charge in [-0.05, 0) is 42.9 Å². The first-order valence-electron chi connectivity index (χ1n) is 6.11. The number of aldehydes is 1. The molecule has 1 aliphatic heterocycles. The van der Waals surface area contributed by atoms with Crippen molar-refractivity contribution in [2.75, 3.05) is 18.9 Å². The van der Waals surface area contributed by atoms with E-state index < -0.39 is 0 Å². The van der Waals surface area contributed by atoms with Gasteiger partial charge in [0.15, 0.2) is 0 Å². The maximum Gasteiger partial charge on any atom is 0.127 e. The smallest absolute Gasteiger partial charge is 0.127 e. The van der Waals surface area contributed by atoms with Crippen molar-refractivity contribution < 1.29 is 9.53 Å². The standard InChI is InChI=1S/C14H19NO2/c1-10-2-3-12(14(15)8-10)13(9-16)11-4-6-17-7-5-11/h2-3,8-9,11,13H,4-7,15H2,1H3. The van der Waals surface area contributed by atoms with Crippen molar-refractivity contribution in [3.8, 4) is 0 Å². The zero-order valence-corrected chi connectivity index (χ0v) is 10.2. The predicted octanol–water partition coefficient (Wildman–Crippen LogP) is 2.29. The SMILES string of the molecule is Cc1ccc(C(C=O)C2CCOCC2)c(N)c1. The van der Waals surface area contributed by atoms with Crippen LogP contribution in [0.25, 0.3) is 0 Å². The monoisotopic (exact) mass is 233 g/mol. The average molecular weight is 233 g/mol. The number of carbonyl (C=O) groups excluding carboxylic acids is 1. The Morgan fingerprint density at radius 3 is 2.71 bits per heavy atom. The molecule has 1 aromatic rings. The highest BCUT2D eigenvalue weighted by Crippen LogP contribution is 2.33. The van der Waals surface area contributed by atoms with E-state index in [0.29, 0.717) is 5.92 Å². The second-order valence-corrected chi connectivity index (χ2v) is 4.74. The van der Waals surface area contributed by atoms with Crippen LogP contribution in [0.2, 0.25) is 0 Å². The number of nitrogens with two attached hydrogens (primary N) is 1. The summed E-state index contributed by atoms with van der Waals surface area (Å²) in [5.74, 6) is 0.283. The van der Waals surface area contributed by atoms with Gasteiger partial charge in [-0.3, -0.25) is 0 Å². The summed E-state index contributed by atoms with van der Waals surface area (Å²) in [5.41, 5.74) is 8.84. The summed E-state index contributed by atoms with van der Waals surface area (Å²) < 4.78 is 5.33. The Balaban J connectivity index is 2.24. The Hall–Kier alpha value is -1.35. The van der Waals surface area contributed by atoms with Crippen LogP contribution in [0.5, 0.6) is 0 Å². The molecule has 2 rings (SSSR count). The molecule has 1 aromatic carbocycles. The lowest BCUT2D eigenvalue weighted by atomic mass is 9.81. The van der Waals surface area contributed by atoms with Crippen LogP contribution in [0.4, 0.5) is 5.69 Å². The van der Waals surface area contributed by atoms with E-state index in [2.05, 4.69) is 0 Å². The molecule has 0 radical (unpaired) electrons. The third kappa shape index (κ3) is 2.67. The van der Waals surface area contributed by atoms with Crippen molar-refractivity contribution in [1.82, 2.24) is 0 Å². The van der Waals surface area contributed by atoms with Gasteiger partial charge in [0.05, 0.1) is 0 Å². The molecule has 0 amide bonds. The summed E-state index contributed by atoms with van der Waals surface area (Å²) >= 11 is 0. The van der Waals surface area contributed by atoms with Crippen LogP contribution in [-0.4, -0.2) is 19.5 Å². The first-order valence-corrected chi connectivity index (χ1v) is 6.11. The van der Waals surface area contributed by atoms with Gasteiger partial charge >= 0.3 is 0 Å². The van der Waals surface area contributed by atoms with Gasteiger partial charge in [0.1, 0.15) is 6.29 Å². The number of anilines is 1. The van der Waals surface area contributed by atoms with Crippen LogP contribution >= 0.6 is 0 Å². The molecule has 1 saturated heterocycles. The molecular formula is C14H19NO2. The largest absolute Gasteiger partial charge is 0.398 e. The van der Waals surface area contributed by atoms with Gasteiger partial charge in [-0.2, -0.15) is 0 Å². The summed E-state index contributed by atoms with van der Waals surface area (Å²) in [7, 11) is 0. The highest BCUT2D eigenvalue weighted by Gasteiger charge is 2.26. The minimum atomic E-state index is -0.0838. The first-order chi connectivity index (χ1) is 8.22. The molecule has 0 bridgehead atoms. The number of hydrogen-bond acceptors (Lipinski definition) is 3. The Morgan fingerprint density at radius 1 is 1.41 bits per heavy atom. The van der Waals surface area contributed by atoms with Crippen molar-refractivity contribution in [3.63, 3.8) is 0 Å². The van der Waals surface area contributed by atoms with Crippen LogP contribution in [0.3, 0.4) is 0 Å². The molecule has 1 aliphatic rings. The van der Waals surface area contributed by atoms with Crippen molar-refractivity contribution >= 4 is 12.0 Å². The minimum Gasteiger partial charge on any atom is -0.398 e. The molecule has 1 fully saturated rings. The van der Waals surface area contributed by atoms with E-state index in [-0.39, 0.29) is 5.92 Å². The van der Waals surface area contributed by atoms with Crippen molar-refractivity contribution in [3.05, 3.63) is 29.3 Å². The van der Waals surface area contributed by atoms with Gasteiger partial charge in [0, 0.05) is 24.8 Å².